The molecule has 0 aliphatic heterocycles. The van der Waals surface area contributed by atoms with Gasteiger partial charge in [0.25, 0.3) is 0 Å². The molecule has 2 aromatic carbocycles. The number of benzene rings is 2. The Hall–Kier alpha value is -2.38. The SMILES string of the molecule is FC(F)(F)c1cc(-c2ccc(Br)cc2)nc2c(-c3ccc(Cl)cc3)cnn12. The molecule has 0 N–H and O–H groups in total. The van der Waals surface area contributed by atoms with Crippen LogP contribution in [-0.4, -0.2) is 14.6 Å². The van der Waals surface area contributed by atoms with Crippen molar-refractivity contribution < 1.29 is 13.2 Å². The second-order valence-corrected chi connectivity index (χ2v) is 7.18. The molecule has 4 rings (SSSR count). The van der Waals surface area contributed by atoms with Gasteiger partial charge in [-0.15, -0.1) is 0 Å². The standard InChI is InChI=1S/C19H10BrClF3N3/c20-13-5-1-12(2-6-13)16-9-17(19(22,23)24)27-18(26-16)15(10-25-27)11-3-7-14(21)8-4-11/h1-10H. The summed E-state index contributed by atoms with van der Waals surface area (Å²) in [6.45, 7) is 0. The van der Waals surface area contributed by atoms with E-state index in [-0.39, 0.29) is 11.3 Å². The molecule has 2 heterocycles. The van der Waals surface area contributed by atoms with Crippen LogP contribution in [0.25, 0.3) is 28.0 Å². The van der Waals surface area contributed by atoms with Gasteiger partial charge in [0.1, 0.15) is 0 Å². The third-order valence-corrected chi connectivity index (χ3v) is 4.84. The summed E-state index contributed by atoms with van der Waals surface area (Å²) in [4.78, 5) is 4.46. The first-order valence-corrected chi connectivity index (χ1v) is 8.98. The van der Waals surface area contributed by atoms with Crippen molar-refractivity contribution in [2.75, 3.05) is 0 Å². The number of alkyl halides is 3. The zero-order valence-electron chi connectivity index (χ0n) is 13.5. The number of aromatic nitrogens is 3. The average Bonchev–Trinajstić information content (AvgIpc) is 3.05. The number of fused-ring (bicyclic) bond motifs is 1. The summed E-state index contributed by atoms with van der Waals surface area (Å²) in [5.41, 5.74) is 1.22. The van der Waals surface area contributed by atoms with Crippen molar-refractivity contribution in [2.24, 2.45) is 0 Å². The maximum Gasteiger partial charge on any atom is 0.433 e. The van der Waals surface area contributed by atoms with E-state index >= 15 is 0 Å². The van der Waals surface area contributed by atoms with Gasteiger partial charge in [-0.05, 0) is 35.9 Å². The van der Waals surface area contributed by atoms with Gasteiger partial charge in [-0.1, -0.05) is 51.8 Å². The second-order valence-electron chi connectivity index (χ2n) is 5.83. The van der Waals surface area contributed by atoms with E-state index in [4.69, 9.17) is 11.6 Å². The van der Waals surface area contributed by atoms with E-state index in [1.54, 1.807) is 48.5 Å². The zero-order chi connectivity index (χ0) is 19.2. The van der Waals surface area contributed by atoms with Crippen LogP contribution in [0.4, 0.5) is 13.2 Å². The van der Waals surface area contributed by atoms with Crippen molar-refractivity contribution in [1.29, 1.82) is 0 Å². The summed E-state index contributed by atoms with van der Waals surface area (Å²) in [7, 11) is 0. The maximum absolute atomic E-state index is 13.6. The van der Waals surface area contributed by atoms with Crippen molar-refractivity contribution in [1.82, 2.24) is 14.6 Å². The van der Waals surface area contributed by atoms with Crippen LogP contribution < -0.4 is 0 Å². The number of hydrogen-bond acceptors (Lipinski definition) is 2. The summed E-state index contributed by atoms with van der Waals surface area (Å²) < 4.78 is 42.5. The molecule has 0 atom stereocenters. The fourth-order valence-corrected chi connectivity index (χ4v) is 3.16. The van der Waals surface area contributed by atoms with E-state index in [9.17, 15) is 13.2 Å². The lowest BCUT2D eigenvalue weighted by atomic mass is 10.1. The first-order valence-electron chi connectivity index (χ1n) is 7.81. The summed E-state index contributed by atoms with van der Waals surface area (Å²) >= 11 is 9.23. The largest absolute Gasteiger partial charge is 0.433 e. The van der Waals surface area contributed by atoms with Crippen LogP contribution in [0.3, 0.4) is 0 Å². The average molecular weight is 453 g/mol. The zero-order valence-corrected chi connectivity index (χ0v) is 15.8. The van der Waals surface area contributed by atoms with Crippen LogP contribution in [0.2, 0.25) is 5.02 Å². The lowest BCUT2D eigenvalue weighted by Gasteiger charge is -2.12. The van der Waals surface area contributed by atoms with Gasteiger partial charge in [-0.2, -0.15) is 18.3 Å². The Morgan fingerprint density at radius 2 is 1.56 bits per heavy atom. The Kier molecular flexibility index (Phi) is 4.44. The van der Waals surface area contributed by atoms with E-state index in [1.165, 1.54) is 6.20 Å². The lowest BCUT2D eigenvalue weighted by Crippen LogP contribution is -2.13. The van der Waals surface area contributed by atoms with Crippen molar-refractivity contribution in [3.05, 3.63) is 76.0 Å². The molecule has 0 spiro atoms. The topological polar surface area (TPSA) is 30.2 Å². The molecule has 0 saturated heterocycles. The van der Waals surface area contributed by atoms with Crippen LogP contribution in [0.5, 0.6) is 0 Å². The van der Waals surface area contributed by atoms with Gasteiger partial charge < -0.3 is 0 Å². The minimum Gasteiger partial charge on any atom is -0.228 e. The molecule has 0 unspecified atom stereocenters. The minimum absolute atomic E-state index is 0.130. The van der Waals surface area contributed by atoms with Crippen LogP contribution in [-0.2, 0) is 6.18 Å². The highest BCUT2D eigenvalue weighted by Crippen LogP contribution is 2.35. The van der Waals surface area contributed by atoms with Crippen LogP contribution in [0.1, 0.15) is 5.69 Å². The molecule has 0 saturated carbocycles. The molecule has 27 heavy (non-hydrogen) atoms. The van der Waals surface area contributed by atoms with Crippen molar-refractivity contribution in [2.45, 2.75) is 6.18 Å². The third-order valence-electron chi connectivity index (χ3n) is 4.06. The first kappa shape index (κ1) is 18.0. The monoisotopic (exact) mass is 451 g/mol. The molecule has 0 amide bonds. The predicted molar refractivity (Wildman–Crippen MR) is 102 cm³/mol. The van der Waals surface area contributed by atoms with Crippen LogP contribution >= 0.6 is 27.5 Å². The van der Waals surface area contributed by atoms with E-state index in [0.29, 0.717) is 21.7 Å². The summed E-state index contributed by atoms with van der Waals surface area (Å²) in [6.07, 6.45) is -3.19. The van der Waals surface area contributed by atoms with Gasteiger partial charge in [-0.3, -0.25) is 0 Å². The molecule has 0 aliphatic rings. The van der Waals surface area contributed by atoms with Gasteiger partial charge in [-0.25, -0.2) is 9.50 Å². The molecule has 136 valence electrons. The quantitative estimate of drug-likeness (QED) is 0.348. The van der Waals surface area contributed by atoms with E-state index in [2.05, 4.69) is 26.0 Å². The fraction of sp³-hybridized carbons (Fsp3) is 0.0526. The van der Waals surface area contributed by atoms with Gasteiger partial charge >= 0.3 is 6.18 Å². The Morgan fingerprint density at radius 1 is 0.926 bits per heavy atom. The van der Waals surface area contributed by atoms with Gasteiger partial charge in [0.2, 0.25) is 0 Å². The molecule has 0 aliphatic carbocycles. The minimum atomic E-state index is -4.57. The highest BCUT2D eigenvalue weighted by molar-refractivity contribution is 9.10. The highest BCUT2D eigenvalue weighted by Gasteiger charge is 2.35. The lowest BCUT2D eigenvalue weighted by molar-refractivity contribution is -0.142. The van der Waals surface area contributed by atoms with Crippen LogP contribution in [0.15, 0.2) is 65.3 Å². The summed E-state index contributed by atoms with van der Waals surface area (Å²) in [5.74, 6) is 0. The Morgan fingerprint density at radius 3 is 2.19 bits per heavy atom. The fourth-order valence-electron chi connectivity index (χ4n) is 2.77. The third kappa shape index (κ3) is 3.44. The van der Waals surface area contributed by atoms with Gasteiger partial charge in [0.15, 0.2) is 11.3 Å². The summed E-state index contributed by atoms with van der Waals surface area (Å²) in [5, 5.41) is 4.46. The normalized spacial score (nSPS) is 11.9. The second kappa shape index (κ2) is 6.65. The molecule has 3 nitrogen and oxygen atoms in total. The van der Waals surface area contributed by atoms with E-state index in [0.717, 1.165) is 15.1 Å². The van der Waals surface area contributed by atoms with Gasteiger partial charge in [0, 0.05) is 20.6 Å². The molecular weight excluding hydrogens is 443 g/mol. The van der Waals surface area contributed by atoms with Gasteiger partial charge in [0.05, 0.1) is 11.9 Å². The van der Waals surface area contributed by atoms with E-state index < -0.39 is 11.9 Å². The predicted octanol–water partition coefficient (Wildman–Crippen LogP) is 6.50. The Labute approximate surface area is 165 Å². The number of nitrogens with zero attached hydrogens (tertiary/aromatic N) is 3. The molecular formula is C19H10BrClF3N3. The van der Waals surface area contributed by atoms with Crippen LogP contribution in [0, 0.1) is 0 Å². The maximum atomic E-state index is 13.6. The Balaban J connectivity index is 1.99. The molecule has 0 radical (unpaired) electrons. The smallest absolute Gasteiger partial charge is 0.228 e. The number of hydrogen-bond donors (Lipinski definition) is 0. The number of rotatable bonds is 2. The molecule has 0 fully saturated rings. The highest BCUT2D eigenvalue weighted by atomic mass is 79.9. The first-order chi connectivity index (χ1) is 12.8. The summed E-state index contributed by atoms with van der Waals surface area (Å²) in [6, 6.07) is 14.7. The molecule has 8 heteroatoms. The Bertz CT molecular complexity index is 1120. The molecule has 2 aromatic heterocycles. The molecule has 4 aromatic rings. The molecule has 0 bridgehead atoms. The van der Waals surface area contributed by atoms with E-state index in [1.807, 2.05) is 0 Å². The van der Waals surface area contributed by atoms with Crippen molar-refractivity contribution >= 4 is 33.2 Å². The number of halogens is 5. The van der Waals surface area contributed by atoms with Crippen molar-refractivity contribution in [3.8, 4) is 22.4 Å². The van der Waals surface area contributed by atoms with Crippen molar-refractivity contribution in [3.63, 3.8) is 0 Å².